The van der Waals surface area contributed by atoms with Crippen molar-refractivity contribution in [3.05, 3.63) is 53.1 Å². The first kappa shape index (κ1) is 16.9. The summed E-state index contributed by atoms with van der Waals surface area (Å²) in [6.45, 7) is 1.14. The zero-order valence-corrected chi connectivity index (χ0v) is 14.2. The van der Waals surface area contributed by atoms with E-state index in [-0.39, 0.29) is 16.8 Å². The Labute approximate surface area is 146 Å². The van der Waals surface area contributed by atoms with E-state index >= 15 is 0 Å². The van der Waals surface area contributed by atoms with Crippen LogP contribution in [0, 0.1) is 0 Å². The zero-order valence-electron chi connectivity index (χ0n) is 13.5. The number of carbonyl (C=O) groups is 1. The predicted octanol–water partition coefficient (Wildman–Crippen LogP) is 3.46. The lowest BCUT2D eigenvalue weighted by atomic mass is 9.98. The van der Waals surface area contributed by atoms with Crippen molar-refractivity contribution < 1.29 is 4.79 Å². The van der Waals surface area contributed by atoms with Gasteiger partial charge in [0.1, 0.15) is 0 Å². The number of halogens is 1. The molecule has 3 rings (SSSR count). The standard InChI is InChI=1S/C18H21ClN4O/c19-17-16(21-11-12-22-17)18(24)23-15-8-5-13(6-9-15)4-7-14-3-1-2-10-20-14/h5-6,8-9,11-12,14,20H,1-4,7,10H2,(H,23,24)/t14-/m0/s1. The van der Waals surface area contributed by atoms with Crippen LogP contribution in [0.3, 0.4) is 0 Å². The summed E-state index contributed by atoms with van der Waals surface area (Å²) in [6, 6.07) is 8.56. The average molecular weight is 345 g/mol. The molecule has 1 amide bonds. The lowest BCUT2D eigenvalue weighted by molar-refractivity contribution is 0.102. The number of hydrogen-bond acceptors (Lipinski definition) is 4. The molecule has 6 heteroatoms. The lowest BCUT2D eigenvalue weighted by Gasteiger charge is -2.23. The van der Waals surface area contributed by atoms with Crippen molar-refractivity contribution in [1.29, 1.82) is 0 Å². The van der Waals surface area contributed by atoms with E-state index in [1.807, 2.05) is 12.1 Å². The lowest BCUT2D eigenvalue weighted by Crippen LogP contribution is -2.34. The SMILES string of the molecule is O=C(Nc1ccc(CC[C@@H]2CCCCN2)cc1)c1nccnc1Cl. The highest BCUT2D eigenvalue weighted by atomic mass is 35.5. The van der Waals surface area contributed by atoms with Gasteiger partial charge in [0.25, 0.3) is 5.91 Å². The minimum Gasteiger partial charge on any atom is -0.321 e. The van der Waals surface area contributed by atoms with Crippen LogP contribution < -0.4 is 10.6 Å². The van der Waals surface area contributed by atoms with E-state index in [1.165, 1.54) is 37.2 Å². The molecule has 1 saturated heterocycles. The van der Waals surface area contributed by atoms with Crippen molar-refractivity contribution >= 4 is 23.2 Å². The summed E-state index contributed by atoms with van der Waals surface area (Å²) in [7, 11) is 0. The molecule has 126 valence electrons. The second-order valence-corrected chi connectivity index (χ2v) is 6.39. The smallest absolute Gasteiger partial charge is 0.277 e. The van der Waals surface area contributed by atoms with Crippen LogP contribution >= 0.6 is 11.6 Å². The molecule has 1 aromatic carbocycles. The average Bonchev–Trinajstić information content (AvgIpc) is 2.62. The van der Waals surface area contributed by atoms with Gasteiger partial charge in [-0.2, -0.15) is 0 Å². The second kappa shape index (κ2) is 8.22. The molecule has 0 radical (unpaired) electrons. The van der Waals surface area contributed by atoms with E-state index in [2.05, 4.69) is 32.7 Å². The van der Waals surface area contributed by atoms with Crippen LogP contribution in [0.5, 0.6) is 0 Å². The normalized spacial score (nSPS) is 17.5. The Bertz CT molecular complexity index is 684. The number of rotatable bonds is 5. The van der Waals surface area contributed by atoms with Gasteiger partial charge in [0.15, 0.2) is 10.8 Å². The zero-order chi connectivity index (χ0) is 16.8. The van der Waals surface area contributed by atoms with Crippen LogP contribution in [-0.4, -0.2) is 28.5 Å². The summed E-state index contributed by atoms with van der Waals surface area (Å²) in [5.74, 6) is -0.354. The summed E-state index contributed by atoms with van der Waals surface area (Å²) in [4.78, 5) is 20.0. The Hall–Kier alpha value is -1.98. The van der Waals surface area contributed by atoms with Crippen molar-refractivity contribution in [3.63, 3.8) is 0 Å². The molecular weight excluding hydrogens is 324 g/mol. The van der Waals surface area contributed by atoms with Crippen molar-refractivity contribution in [2.75, 3.05) is 11.9 Å². The molecule has 1 atom stereocenters. The first-order valence-corrected chi connectivity index (χ1v) is 8.70. The molecule has 0 unspecified atom stereocenters. The van der Waals surface area contributed by atoms with Gasteiger partial charge in [-0.3, -0.25) is 4.79 Å². The van der Waals surface area contributed by atoms with E-state index in [4.69, 9.17) is 11.6 Å². The molecule has 1 aliphatic rings. The topological polar surface area (TPSA) is 66.9 Å². The molecule has 1 aromatic heterocycles. The minimum atomic E-state index is -0.354. The third-order valence-electron chi connectivity index (χ3n) is 4.27. The predicted molar refractivity (Wildman–Crippen MR) is 95.4 cm³/mol. The number of carbonyl (C=O) groups excluding carboxylic acids is 1. The van der Waals surface area contributed by atoms with Gasteiger partial charge in [0.05, 0.1) is 0 Å². The molecular formula is C18H21ClN4O. The largest absolute Gasteiger partial charge is 0.321 e. The first-order chi connectivity index (χ1) is 11.7. The number of hydrogen-bond donors (Lipinski definition) is 2. The molecule has 0 spiro atoms. The maximum absolute atomic E-state index is 12.1. The third-order valence-corrected chi connectivity index (χ3v) is 4.55. The maximum Gasteiger partial charge on any atom is 0.277 e. The van der Waals surface area contributed by atoms with Crippen LogP contribution in [-0.2, 0) is 6.42 Å². The van der Waals surface area contributed by atoms with Crippen molar-refractivity contribution in [1.82, 2.24) is 15.3 Å². The highest BCUT2D eigenvalue weighted by Crippen LogP contribution is 2.17. The maximum atomic E-state index is 12.1. The fourth-order valence-electron chi connectivity index (χ4n) is 2.93. The minimum absolute atomic E-state index is 0.103. The summed E-state index contributed by atoms with van der Waals surface area (Å²) >= 11 is 5.89. The van der Waals surface area contributed by atoms with Crippen LogP contribution in [0.4, 0.5) is 5.69 Å². The van der Waals surface area contributed by atoms with Crippen molar-refractivity contribution in [2.24, 2.45) is 0 Å². The van der Waals surface area contributed by atoms with Gasteiger partial charge in [0.2, 0.25) is 0 Å². The molecule has 2 N–H and O–H groups in total. The van der Waals surface area contributed by atoms with Crippen LogP contribution in [0.1, 0.15) is 41.7 Å². The van der Waals surface area contributed by atoms with E-state index in [1.54, 1.807) is 0 Å². The second-order valence-electron chi connectivity index (χ2n) is 6.03. The highest BCUT2D eigenvalue weighted by Gasteiger charge is 2.14. The molecule has 1 fully saturated rings. The molecule has 0 aliphatic carbocycles. The highest BCUT2D eigenvalue weighted by molar-refractivity contribution is 6.32. The number of aromatic nitrogens is 2. The van der Waals surface area contributed by atoms with Gasteiger partial charge in [-0.1, -0.05) is 30.2 Å². The van der Waals surface area contributed by atoms with E-state index in [0.29, 0.717) is 6.04 Å². The number of benzene rings is 1. The molecule has 0 saturated carbocycles. The van der Waals surface area contributed by atoms with E-state index in [0.717, 1.165) is 25.1 Å². The van der Waals surface area contributed by atoms with Gasteiger partial charge in [-0.25, -0.2) is 9.97 Å². The molecule has 0 bridgehead atoms. The molecule has 24 heavy (non-hydrogen) atoms. The summed E-state index contributed by atoms with van der Waals surface area (Å²) < 4.78 is 0. The number of amides is 1. The molecule has 5 nitrogen and oxygen atoms in total. The third kappa shape index (κ3) is 4.52. The number of anilines is 1. The quantitative estimate of drug-likeness (QED) is 0.871. The van der Waals surface area contributed by atoms with Gasteiger partial charge >= 0.3 is 0 Å². The van der Waals surface area contributed by atoms with E-state index in [9.17, 15) is 4.79 Å². The Morgan fingerprint density at radius 2 is 2.00 bits per heavy atom. The number of piperidine rings is 1. The van der Waals surface area contributed by atoms with E-state index < -0.39 is 0 Å². The fourth-order valence-corrected chi connectivity index (χ4v) is 3.12. The Kier molecular flexibility index (Phi) is 5.77. The number of nitrogens with zero attached hydrogens (tertiary/aromatic N) is 2. The van der Waals surface area contributed by atoms with Gasteiger partial charge in [-0.15, -0.1) is 0 Å². The Morgan fingerprint density at radius 3 is 2.71 bits per heavy atom. The molecule has 1 aliphatic heterocycles. The summed E-state index contributed by atoms with van der Waals surface area (Å²) in [5.41, 5.74) is 2.13. The first-order valence-electron chi connectivity index (χ1n) is 8.32. The monoisotopic (exact) mass is 344 g/mol. The van der Waals surface area contributed by atoms with Gasteiger partial charge < -0.3 is 10.6 Å². The Morgan fingerprint density at radius 1 is 1.21 bits per heavy atom. The molecule has 2 heterocycles. The summed E-state index contributed by atoms with van der Waals surface area (Å²) in [5, 5.41) is 6.46. The van der Waals surface area contributed by atoms with Gasteiger partial charge in [0, 0.05) is 24.1 Å². The van der Waals surface area contributed by atoms with Crippen molar-refractivity contribution in [2.45, 2.75) is 38.1 Å². The number of nitrogens with one attached hydrogen (secondary N) is 2. The fraction of sp³-hybridized carbons (Fsp3) is 0.389. The van der Waals surface area contributed by atoms with Gasteiger partial charge in [-0.05, 0) is 49.9 Å². The Balaban J connectivity index is 1.54. The number of aryl methyl sites for hydroxylation is 1. The van der Waals surface area contributed by atoms with Crippen molar-refractivity contribution in [3.8, 4) is 0 Å². The molecule has 2 aromatic rings. The van der Waals surface area contributed by atoms with Crippen LogP contribution in [0.15, 0.2) is 36.7 Å². The van der Waals surface area contributed by atoms with Crippen LogP contribution in [0.25, 0.3) is 0 Å². The van der Waals surface area contributed by atoms with Crippen LogP contribution in [0.2, 0.25) is 5.15 Å². The summed E-state index contributed by atoms with van der Waals surface area (Å²) in [6.07, 6.45) is 8.99.